The van der Waals surface area contributed by atoms with Crippen LogP contribution in [0.3, 0.4) is 0 Å². The lowest BCUT2D eigenvalue weighted by Gasteiger charge is -2.24. The second-order valence-corrected chi connectivity index (χ2v) is 5.13. The van der Waals surface area contributed by atoms with E-state index in [4.69, 9.17) is 0 Å². The van der Waals surface area contributed by atoms with Crippen molar-refractivity contribution in [1.82, 2.24) is 5.32 Å². The lowest BCUT2D eigenvalue weighted by atomic mass is 10.1. The molecule has 1 N–H and O–H groups in total. The predicted molar refractivity (Wildman–Crippen MR) is 67.8 cm³/mol. The molecule has 17 heavy (non-hydrogen) atoms. The second kappa shape index (κ2) is 4.15. The Labute approximate surface area is 102 Å². The van der Waals surface area contributed by atoms with Crippen molar-refractivity contribution < 1.29 is 4.79 Å². The minimum atomic E-state index is 0.286. The van der Waals surface area contributed by atoms with Gasteiger partial charge in [0.2, 0.25) is 5.91 Å². The summed E-state index contributed by atoms with van der Waals surface area (Å²) in [5.41, 5.74) is 2.33. The van der Waals surface area contributed by atoms with Gasteiger partial charge >= 0.3 is 0 Å². The van der Waals surface area contributed by atoms with Crippen LogP contribution in [0.2, 0.25) is 0 Å². The van der Waals surface area contributed by atoms with Crippen LogP contribution >= 0.6 is 0 Å². The highest BCUT2D eigenvalue weighted by molar-refractivity contribution is 5.97. The maximum atomic E-state index is 12.3. The molecule has 1 fully saturated rings. The van der Waals surface area contributed by atoms with Crippen molar-refractivity contribution in [2.24, 2.45) is 5.92 Å². The van der Waals surface area contributed by atoms with Gasteiger partial charge in [-0.05, 0) is 31.4 Å². The van der Waals surface area contributed by atoms with E-state index < -0.39 is 0 Å². The Morgan fingerprint density at radius 2 is 2.12 bits per heavy atom. The fourth-order valence-electron chi connectivity index (χ4n) is 2.40. The molecule has 1 aliphatic heterocycles. The highest BCUT2D eigenvalue weighted by atomic mass is 16.2. The minimum absolute atomic E-state index is 0.286. The number of carbonyl (C=O) groups is 1. The second-order valence-electron chi connectivity index (χ2n) is 5.13. The molecular formula is C14H18N2O. The largest absolute Gasteiger partial charge is 0.310 e. The maximum absolute atomic E-state index is 12.3. The molecule has 1 atom stereocenters. The van der Waals surface area contributed by atoms with E-state index in [9.17, 15) is 4.79 Å². The Bertz CT molecular complexity index is 440. The summed E-state index contributed by atoms with van der Waals surface area (Å²) in [6.07, 6.45) is 2.14. The number of hydrogen-bond donors (Lipinski definition) is 1. The van der Waals surface area contributed by atoms with Crippen LogP contribution in [-0.2, 0) is 11.3 Å². The van der Waals surface area contributed by atoms with Crippen molar-refractivity contribution in [3.8, 4) is 0 Å². The number of nitrogens with one attached hydrogen (secondary N) is 1. The third-order valence-corrected chi connectivity index (χ3v) is 3.57. The molecule has 0 saturated heterocycles. The number of carbonyl (C=O) groups excluding carboxylic acids is 1. The Morgan fingerprint density at radius 1 is 1.35 bits per heavy atom. The molecule has 1 amide bonds. The molecule has 1 aromatic rings. The number of anilines is 1. The SMILES string of the molecule is CC1CN(C(=O)C2CC2)c2ccccc2CN1. The first kappa shape index (κ1) is 10.8. The van der Waals surface area contributed by atoms with E-state index in [0.29, 0.717) is 11.9 Å². The van der Waals surface area contributed by atoms with Gasteiger partial charge in [-0.3, -0.25) is 4.79 Å². The summed E-state index contributed by atoms with van der Waals surface area (Å²) in [6, 6.07) is 8.58. The first-order chi connectivity index (χ1) is 8.25. The van der Waals surface area contributed by atoms with Crippen molar-refractivity contribution in [3.63, 3.8) is 0 Å². The molecule has 1 heterocycles. The molecule has 1 aliphatic carbocycles. The highest BCUT2D eigenvalue weighted by Gasteiger charge is 2.35. The Hall–Kier alpha value is -1.35. The number of hydrogen-bond acceptors (Lipinski definition) is 2. The van der Waals surface area contributed by atoms with Gasteiger partial charge in [0.05, 0.1) is 0 Å². The van der Waals surface area contributed by atoms with E-state index in [-0.39, 0.29) is 5.92 Å². The fraction of sp³-hybridized carbons (Fsp3) is 0.500. The zero-order valence-electron chi connectivity index (χ0n) is 10.1. The molecule has 3 heteroatoms. The molecule has 90 valence electrons. The smallest absolute Gasteiger partial charge is 0.230 e. The zero-order valence-corrected chi connectivity index (χ0v) is 10.1. The van der Waals surface area contributed by atoms with Gasteiger partial charge in [0, 0.05) is 30.7 Å². The van der Waals surface area contributed by atoms with Crippen molar-refractivity contribution in [2.75, 3.05) is 11.4 Å². The molecule has 1 saturated carbocycles. The fourth-order valence-corrected chi connectivity index (χ4v) is 2.40. The summed E-state index contributed by atoms with van der Waals surface area (Å²) in [5, 5.41) is 3.45. The lowest BCUT2D eigenvalue weighted by Crippen LogP contribution is -2.40. The topological polar surface area (TPSA) is 32.3 Å². The number of rotatable bonds is 1. The Balaban J connectivity index is 1.96. The third-order valence-electron chi connectivity index (χ3n) is 3.57. The predicted octanol–water partition coefficient (Wildman–Crippen LogP) is 1.92. The van der Waals surface area contributed by atoms with Crippen LogP contribution in [-0.4, -0.2) is 18.5 Å². The van der Waals surface area contributed by atoms with Gasteiger partial charge < -0.3 is 10.2 Å². The highest BCUT2D eigenvalue weighted by Crippen LogP contribution is 2.34. The number of nitrogens with zero attached hydrogens (tertiary/aromatic N) is 1. The molecule has 3 nitrogen and oxygen atoms in total. The Morgan fingerprint density at radius 3 is 2.88 bits per heavy atom. The van der Waals surface area contributed by atoms with E-state index in [1.54, 1.807) is 0 Å². The maximum Gasteiger partial charge on any atom is 0.230 e. The summed E-state index contributed by atoms with van der Waals surface area (Å²) in [6.45, 7) is 3.77. The van der Waals surface area contributed by atoms with Gasteiger partial charge in [-0.1, -0.05) is 18.2 Å². The van der Waals surface area contributed by atoms with Crippen molar-refractivity contribution in [1.29, 1.82) is 0 Å². The average Bonchev–Trinajstić information content (AvgIpc) is 3.16. The lowest BCUT2D eigenvalue weighted by molar-refractivity contribution is -0.119. The first-order valence-electron chi connectivity index (χ1n) is 6.38. The van der Waals surface area contributed by atoms with Crippen LogP contribution in [0.5, 0.6) is 0 Å². The molecule has 0 bridgehead atoms. The van der Waals surface area contributed by atoms with Crippen molar-refractivity contribution in [2.45, 2.75) is 32.4 Å². The molecule has 2 aliphatic rings. The minimum Gasteiger partial charge on any atom is -0.310 e. The Kier molecular flexibility index (Phi) is 2.63. The van der Waals surface area contributed by atoms with Crippen LogP contribution < -0.4 is 10.2 Å². The molecule has 1 unspecified atom stereocenters. The number of para-hydroxylation sites is 1. The van der Waals surface area contributed by atoms with Gasteiger partial charge in [0.25, 0.3) is 0 Å². The monoisotopic (exact) mass is 230 g/mol. The quantitative estimate of drug-likeness (QED) is 0.799. The normalized spacial score (nSPS) is 24.1. The van der Waals surface area contributed by atoms with Gasteiger partial charge in [-0.25, -0.2) is 0 Å². The van der Waals surface area contributed by atoms with Crippen LogP contribution in [0.25, 0.3) is 0 Å². The molecular weight excluding hydrogens is 212 g/mol. The van der Waals surface area contributed by atoms with Crippen LogP contribution in [0.1, 0.15) is 25.3 Å². The van der Waals surface area contributed by atoms with Gasteiger partial charge in [-0.15, -0.1) is 0 Å². The van der Waals surface area contributed by atoms with E-state index in [1.165, 1.54) is 5.56 Å². The van der Waals surface area contributed by atoms with Crippen molar-refractivity contribution >= 4 is 11.6 Å². The number of amides is 1. The van der Waals surface area contributed by atoms with Gasteiger partial charge in [-0.2, -0.15) is 0 Å². The summed E-state index contributed by atoms with van der Waals surface area (Å²) >= 11 is 0. The number of benzene rings is 1. The molecule has 1 aromatic carbocycles. The van der Waals surface area contributed by atoms with E-state index in [1.807, 2.05) is 17.0 Å². The standard InChI is InChI=1S/C14H18N2O/c1-10-9-16(14(17)11-6-7-11)13-5-3-2-4-12(13)8-15-10/h2-5,10-11,15H,6-9H2,1H3. The van der Waals surface area contributed by atoms with Gasteiger partial charge in [0.1, 0.15) is 0 Å². The summed E-state index contributed by atoms with van der Waals surface area (Å²) < 4.78 is 0. The first-order valence-corrected chi connectivity index (χ1v) is 6.38. The van der Waals surface area contributed by atoms with Crippen LogP contribution in [0, 0.1) is 5.92 Å². The molecule has 0 radical (unpaired) electrons. The molecule has 0 aromatic heterocycles. The van der Waals surface area contributed by atoms with E-state index in [0.717, 1.165) is 31.6 Å². The van der Waals surface area contributed by atoms with Crippen molar-refractivity contribution in [3.05, 3.63) is 29.8 Å². The van der Waals surface area contributed by atoms with Crippen LogP contribution in [0.4, 0.5) is 5.69 Å². The summed E-state index contributed by atoms with van der Waals surface area (Å²) in [7, 11) is 0. The summed E-state index contributed by atoms with van der Waals surface area (Å²) in [5.74, 6) is 0.598. The van der Waals surface area contributed by atoms with E-state index in [2.05, 4.69) is 24.4 Å². The third kappa shape index (κ3) is 2.07. The summed E-state index contributed by atoms with van der Waals surface area (Å²) in [4.78, 5) is 14.3. The van der Waals surface area contributed by atoms with Gasteiger partial charge in [0.15, 0.2) is 0 Å². The molecule has 3 rings (SSSR count). The van der Waals surface area contributed by atoms with E-state index >= 15 is 0 Å². The number of fused-ring (bicyclic) bond motifs is 1. The average molecular weight is 230 g/mol. The molecule has 0 spiro atoms. The van der Waals surface area contributed by atoms with Crippen LogP contribution in [0.15, 0.2) is 24.3 Å². The zero-order chi connectivity index (χ0) is 11.8.